The molecule has 21 heavy (non-hydrogen) atoms. The van der Waals surface area contributed by atoms with Gasteiger partial charge in [-0.05, 0) is 46.3 Å². The van der Waals surface area contributed by atoms with Gasteiger partial charge in [0.2, 0.25) is 0 Å². The van der Waals surface area contributed by atoms with Crippen molar-refractivity contribution in [3.63, 3.8) is 0 Å². The minimum atomic E-state index is -4.47. The molecular formula is C14H11BrF3NO2. The van der Waals surface area contributed by atoms with Crippen LogP contribution in [0.2, 0.25) is 0 Å². The second-order valence-electron chi connectivity index (χ2n) is 4.27. The number of carbonyl (C=O) groups excluding carboxylic acids is 1. The summed E-state index contributed by atoms with van der Waals surface area (Å²) >= 11 is 3.10. The minimum absolute atomic E-state index is 0.0317. The van der Waals surface area contributed by atoms with Crippen molar-refractivity contribution in [1.82, 2.24) is 0 Å². The van der Waals surface area contributed by atoms with E-state index in [0.717, 1.165) is 12.1 Å². The Morgan fingerprint density at radius 2 is 2.00 bits per heavy atom. The lowest BCUT2D eigenvalue weighted by molar-refractivity contribution is -0.137. The fourth-order valence-electron chi connectivity index (χ4n) is 1.67. The third-order valence-corrected chi connectivity index (χ3v) is 3.47. The Kier molecular flexibility index (Phi) is 4.41. The van der Waals surface area contributed by atoms with Crippen LogP contribution in [-0.2, 0) is 12.6 Å². The van der Waals surface area contributed by atoms with Crippen LogP contribution in [0.4, 0.5) is 18.9 Å². The maximum absolute atomic E-state index is 12.7. The highest BCUT2D eigenvalue weighted by Crippen LogP contribution is 2.34. The van der Waals surface area contributed by atoms with Gasteiger partial charge in [-0.2, -0.15) is 13.2 Å². The SMILES string of the molecule is CCc1ccc(C(=O)Nc2cc(C(F)(F)F)ccc2Br)o1. The molecule has 1 aromatic heterocycles. The van der Waals surface area contributed by atoms with Gasteiger partial charge in [0.1, 0.15) is 5.76 Å². The van der Waals surface area contributed by atoms with Crippen LogP contribution in [0.1, 0.15) is 28.8 Å². The van der Waals surface area contributed by atoms with Crippen molar-refractivity contribution in [3.8, 4) is 0 Å². The molecule has 112 valence electrons. The Hall–Kier alpha value is -1.76. The van der Waals surface area contributed by atoms with Crippen molar-refractivity contribution >= 4 is 27.5 Å². The van der Waals surface area contributed by atoms with Crippen molar-refractivity contribution < 1.29 is 22.4 Å². The number of benzene rings is 1. The first-order chi connectivity index (χ1) is 9.81. The molecule has 0 spiro atoms. The first-order valence-electron chi connectivity index (χ1n) is 6.08. The summed E-state index contributed by atoms with van der Waals surface area (Å²) in [6.07, 6.45) is -3.85. The average molecular weight is 362 g/mol. The molecule has 0 atom stereocenters. The van der Waals surface area contributed by atoms with E-state index in [0.29, 0.717) is 16.7 Å². The summed E-state index contributed by atoms with van der Waals surface area (Å²) in [5.41, 5.74) is -0.807. The first-order valence-corrected chi connectivity index (χ1v) is 6.87. The summed E-state index contributed by atoms with van der Waals surface area (Å²) in [7, 11) is 0. The summed E-state index contributed by atoms with van der Waals surface area (Å²) in [6.45, 7) is 1.86. The van der Waals surface area contributed by atoms with Crippen molar-refractivity contribution in [2.75, 3.05) is 5.32 Å². The standard InChI is InChI=1S/C14H11BrF3NO2/c1-2-9-4-6-12(21-9)13(20)19-11-7-8(14(16,17)18)3-5-10(11)15/h3-7H,2H2,1H3,(H,19,20). The van der Waals surface area contributed by atoms with Crippen molar-refractivity contribution in [2.45, 2.75) is 19.5 Å². The van der Waals surface area contributed by atoms with Crippen molar-refractivity contribution in [3.05, 3.63) is 51.9 Å². The summed E-state index contributed by atoms with van der Waals surface area (Å²) in [6, 6.07) is 6.16. The number of furan rings is 1. The van der Waals surface area contributed by atoms with Crippen LogP contribution in [0.15, 0.2) is 39.2 Å². The lowest BCUT2D eigenvalue weighted by Crippen LogP contribution is -2.13. The smallest absolute Gasteiger partial charge is 0.416 e. The number of nitrogens with one attached hydrogen (secondary N) is 1. The van der Waals surface area contributed by atoms with Crippen LogP contribution in [0.3, 0.4) is 0 Å². The van der Waals surface area contributed by atoms with Crippen molar-refractivity contribution in [1.29, 1.82) is 0 Å². The molecular weight excluding hydrogens is 351 g/mol. The molecule has 2 aromatic rings. The second kappa shape index (κ2) is 5.93. The number of hydrogen-bond donors (Lipinski definition) is 1. The van der Waals surface area contributed by atoms with Crippen molar-refractivity contribution in [2.24, 2.45) is 0 Å². The van der Waals surface area contributed by atoms with Crippen LogP contribution < -0.4 is 5.32 Å². The van der Waals surface area contributed by atoms with E-state index in [2.05, 4.69) is 21.2 Å². The molecule has 0 saturated carbocycles. The predicted octanol–water partition coefficient (Wildman–Crippen LogP) is 4.88. The van der Waals surface area contributed by atoms with Gasteiger partial charge in [0, 0.05) is 10.9 Å². The monoisotopic (exact) mass is 361 g/mol. The fraction of sp³-hybridized carbons (Fsp3) is 0.214. The van der Waals surface area contributed by atoms with Gasteiger partial charge in [-0.15, -0.1) is 0 Å². The number of anilines is 1. The van der Waals surface area contributed by atoms with Crippen LogP contribution >= 0.6 is 15.9 Å². The van der Waals surface area contributed by atoms with Crippen LogP contribution in [-0.4, -0.2) is 5.91 Å². The van der Waals surface area contributed by atoms with Gasteiger partial charge in [0.15, 0.2) is 5.76 Å². The molecule has 0 saturated heterocycles. The zero-order chi connectivity index (χ0) is 15.6. The maximum Gasteiger partial charge on any atom is 0.416 e. The zero-order valence-corrected chi connectivity index (χ0v) is 12.5. The third-order valence-electron chi connectivity index (χ3n) is 2.78. The fourth-order valence-corrected chi connectivity index (χ4v) is 2.02. The van der Waals surface area contributed by atoms with E-state index in [4.69, 9.17) is 4.42 Å². The number of aryl methyl sites for hydroxylation is 1. The second-order valence-corrected chi connectivity index (χ2v) is 5.12. The van der Waals surface area contributed by atoms with E-state index in [1.165, 1.54) is 12.1 Å². The van der Waals surface area contributed by atoms with Gasteiger partial charge in [0.25, 0.3) is 5.91 Å². The highest BCUT2D eigenvalue weighted by atomic mass is 79.9. The van der Waals surface area contributed by atoms with Crippen LogP contribution in [0.25, 0.3) is 0 Å². The topological polar surface area (TPSA) is 42.2 Å². The number of alkyl halides is 3. The average Bonchev–Trinajstić information content (AvgIpc) is 2.88. The molecule has 7 heteroatoms. The van der Waals surface area contributed by atoms with E-state index >= 15 is 0 Å². The van der Waals surface area contributed by atoms with Gasteiger partial charge in [-0.3, -0.25) is 4.79 Å². The van der Waals surface area contributed by atoms with E-state index in [-0.39, 0.29) is 11.4 Å². The molecule has 0 unspecified atom stereocenters. The van der Waals surface area contributed by atoms with E-state index in [1.807, 2.05) is 6.92 Å². The summed E-state index contributed by atoms with van der Waals surface area (Å²) < 4.78 is 43.6. The van der Waals surface area contributed by atoms with Gasteiger partial charge < -0.3 is 9.73 Å². The lowest BCUT2D eigenvalue weighted by atomic mass is 10.2. The predicted molar refractivity (Wildman–Crippen MR) is 75.2 cm³/mol. The molecule has 0 aliphatic heterocycles. The van der Waals surface area contributed by atoms with Gasteiger partial charge >= 0.3 is 6.18 Å². The lowest BCUT2D eigenvalue weighted by Gasteiger charge is -2.11. The molecule has 1 heterocycles. The highest BCUT2D eigenvalue weighted by Gasteiger charge is 2.31. The molecule has 0 radical (unpaired) electrons. The summed E-state index contributed by atoms with van der Waals surface area (Å²) in [5, 5.41) is 2.40. The van der Waals surface area contributed by atoms with Crippen LogP contribution in [0.5, 0.6) is 0 Å². The molecule has 0 fully saturated rings. The van der Waals surface area contributed by atoms with E-state index in [9.17, 15) is 18.0 Å². The van der Waals surface area contributed by atoms with Crippen LogP contribution in [0, 0.1) is 0 Å². The van der Waals surface area contributed by atoms with Gasteiger partial charge in [-0.25, -0.2) is 0 Å². The molecule has 1 N–H and O–H groups in total. The zero-order valence-electron chi connectivity index (χ0n) is 10.9. The third kappa shape index (κ3) is 3.66. The van der Waals surface area contributed by atoms with Gasteiger partial charge in [-0.1, -0.05) is 6.92 Å². The molecule has 1 aromatic carbocycles. The number of halogens is 4. The number of amides is 1. The van der Waals surface area contributed by atoms with Gasteiger partial charge in [0.05, 0.1) is 11.3 Å². The Labute approximate surface area is 127 Å². The highest BCUT2D eigenvalue weighted by molar-refractivity contribution is 9.10. The summed E-state index contributed by atoms with van der Waals surface area (Å²) in [4.78, 5) is 11.9. The molecule has 0 bridgehead atoms. The molecule has 0 aliphatic rings. The molecule has 1 amide bonds. The summed E-state index contributed by atoms with van der Waals surface area (Å²) in [5.74, 6) is 0.0779. The molecule has 2 rings (SSSR count). The maximum atomic E-state index is 12.7. The van der Waals surface area contributed by atoms with E-state index < -0.39 is 17.6 Å². The Balaban J connectivity index is 2.24. The normalized spacial score (nSPS) is 11.5. The molecule has 0 aliphatic carbocycles. The number of rotatable bonds is 3. The number of carbonyl (C=O) groups is 1. The number of hydrogen-bond acceptors (Lipinski definition) is 2. The van der Waals surface area contributed by atoms with E-state index in [1.54, 1.807) is 6.07 Å². The Morgan fingerprint density at radius 3 is 2.57 bits per heavy atom. The quantitative estimate of drug-likeness (QED) is 0.846. The minimum Gasteiger partial charge on any atom is -0.456 e. The Bertz CT molecular complexity index is 664. The Morgan fingerprint density at radius 1 is 1.29 bits per heavy atom. The molecule has 3 nitrogen and oxygen atoms in total. The largest absolute Gasteiger partial charge is 0.456 e. The first kappa shape index (κ1) is 15.6.